The predicted molar refractivity (Wildman–Crippen MR) is 116 cm³/mol. The largest absolute Gasteiger partial charge is 0.375 e. The summed E-state index contributed by atoms with van der Waals surface area (Å²) in [5, 5.41) is 11.4. The van der Waals surface area contributed by atoms with Crippen LogP contribution in [0.25, 0.3) is 0 Å². The van der Waals surface area contributed by atoms with Crippen LogP contribution in [0, 0.1) is 5.92 Å². The maximum atomic E-state index is 13.3. The zero-order chi connectivity index (χ0) is 20.6. The van der Waals surface area contributed by atoms with Crippen LogP contribution in [0.3, 0.4) is 0 Å². The lowest BCUT2D eigenvalue weighted by molar-refractivity contribution is -0.136. The summed E-state index contributed by atoms with van der Waals surface area (Å²) < 4.78 is 0.872. The summed E-state index contributed by atoms with van der Waals surface area (Å²) in [5.41, 5.74) is -0.137. The molecule has 0 radical (unpaired) electrons. The Labute approximate surface area is 179 Å². The molecule has 0 saturated carbocycles. The Hall–Kier alpha value is -2.02. The number of piperidine rings is 1. The van der Waals surface area contributed by atoms with Gasteiger partial charge in [0, 0.05) is 28.7 Å². The summed E-state index contributed by atoms with van der Waals surface area (Å²) in [6, 6.07) is 14.2. The molecule has 2 aliphatic rings. The third-order valence-electron chi connectivity index (χ3n) is 6.04. The number of fused-ring (bicyclic) bond motifs is 1. The van der Waals surface area contributed by atoms with Gasteiger partial charge in [0.2, 0.25) is 0 Å². The first-order chi connectivity index (χ1) is 13.9. The van der Waals surface area contributed by atoms with Crippen LogP contribution in [-0.4, -0.2) is 41.5 Å². The van der Waals surface area contributed by atoms with E-state index in [9.17, 15) is 14.7 Å². The normalized spacial score (nSPS) is 22.7. The fourth-order valence-corrected chi connectivity index (χ4v) is 4.46. The smallest absolute Gasteiger partial charge is 0.265 e. The number of halogens is 1. The first kappa shape index (κ1) is 20.3. The van der Waals surface area contributed by atoms with E-state index < -0.39 is 11.5 Å². The van der Waals surface area contributed by atoms with Crippen LogP contribution in [-0.2, 0) is 10.4 Å². The average molecular weight is 457 g/mol. The van der Waals surface area contributed by atoms with E-state index in [-0.39, 0.29) is 12.2 Å². The van der Waals surface area contributed by atoms with Crippen molar-refractivity contribution in [2.24, 2.45) is 5.92 Å². The summed E-state index contributed by atoms with van der Waals surface area (Å²) in [7, 11) is 0. The van der Waals surface area contributed by atoms with Crippen LogP contribution in [0.15, 0.2) is 53.0 Å². The fourth-order valence-electron chi connectivity index (χ4n) is 4.19. The molecule has 0 bridgehead atoms. The molecule has 2 aromatic rings. The maximum absolute atomic E-state index is 13.3. The van der Waals surface area contributed by atoms with Crippen molar-refractivity contribution in [1.29, 1.82) is 0 Å². The topological polar surface area (TPSA) is 60.9 Å². The summed E-state index contributed by atoms with van der Waals surface area (Å²) in [6.07, 6.45) is 1.95. The number of hydrogen-bond acceptors (Lipinski definition) is 4. The van der Waals surface area contributed by atoms with Crippen molar-refractivity contribution in [1.82, 2.24) is 4.90 Å². The monoisotopic (exact) mass is 456 g/mol. The Bertz CT molecular complexity index is 922. The number of anilines is 1. The van der Waals surface area contributed by atoms with E-state index in [2.05, 4.69) is 27.8 Å². The van der Waals surface area contributed by atoms with Crippen LogP contribution in [0.2, 0.25) is 0 Å². The minimum atomic E-state index is -1.83. The van der Waals surface area contributed by atoms with Crippen molar-refractivity contribution in [3.8, 4) is 0 Å². The molecule has 1 fully saturated rings. The Morgan fingerprint density at radius 2 is 1.79 bits per heavy atom. The number of hydrogen-bond donors (Lipinski definition) is 1. The first-order valence-corrected chi connectivity index (χ1v) is 10.8. The molecule has 2 heterocycles. The molecular weight excluding hydrogens is 432 g/mol. The molecule has 29 heavy (non-hydrogen) atoms. The van der Waals surface area contributed by atoms with Gasteiger partial charge in [-0.05, 0) is 37.0 Å². The van der Waals surface area contributed by atoms with E-state index in [1.807, 2.05) is 12.1 Å². The third kappa shape index (κ3) is 3.89. The van der Waals surface area contributed by atoms with Gasteiger partial charge in [-0.2, -0.15) is 0 Å². The quantitative estimate of drug-likeness (QED) is 0.691. The molecule has 4 rings (SSSR count). The van der Waals surface area contributed by atoms with E-state index in [4.69, 9.17) is 0 Å². The number of ketones is 1. The van der Waals surface area contributed by atoms with Gasteiger partial charge in [-0.25, -0.2) is 0 Å². The van der Waals surface area contributed by atoms with Crippen molar-refractivity contribution in [2.45, 2.75) is 31.8 Å². The number of Topliss-reactive ketones (excluding diaryl/α,β-unsaturated/α-hetero) is 1. The zero-order valence-corrected chi connectivity index (χ0v) is 18.1. The molecule has 0 aromatic heterocycles. The molecule has 5 nitrogen and oxygen atoms in total. The van der Waals surface area contributed by atoms with Crippen molar-refractivity contribution in [3.63, 3.8) is 0 Å². The lowest BCUT2D eigenvalue weighted by Crippen LogP contribution is -2.48. The standard InChI is InChI=1S/C23H25BrN2O3/c1-16-10-12-25(13-11-16)15-26-20-5-3-2-4-19(20)23(29,22(26)28)14-21(27)17-6-8-18(24)9-7-17/h2-9,16,29H,10-15H2,1H3. The van der Waals surface area contributed by atoms with E-state index in [0.29, 0.717) is 29.4 Å². The molecule has 6 heteroatoms. The van der Waals surface area contributed by atoms with E-state index >= 15 is 0 Å². The highest BCUT2D eigenvalue weighted by molar-refractivity contribution is 9.10. The number of carbonyl (C=O) groups excluding carboxylic acids is 2. The van der Waals surface area contributed by atoms with E-state index in [1.165, 1.54) is 0 Å². The molecule has 0 spiro atoms. The Kier molecular flexibility index (Phi) is 5.60. The molecule has 2 aliphatic heterocycles. The van der Waals surface area contributed by atoms with Gasteiger partial charge in [0.05, 0.1) is 18.8 Å². The molecule has 1 atom stereocenters. The zero-order valence-electron chi connectivity index (χ0n) is 16.5. The predicted octanol–water partition coefficient (Wildman–Crippen LogP) is 3.95. The summed E-state index contributed by atoms with van der Waals surface area (Å²) in [6.45, 7) is 4.56. The summed E-state index contributed by atoms with van der Waals surface area (Å²) in [4.78, 5) is 30.1. The second kappa shape index (κ2) is 8.01. The Balaban J connectivity index is 1.59. The van der Waals surface area contributed by atoms with Crippen molar-refractivity contribution < 1.29 is 14.7 Å². The van der Waals surface area contributed by atoms with Crippen LogP contribution in [0.5, 0.6) is 0 Å². The van der Waals surface area contributed by atoms with E-state index in [1.54, 1.807) is 41.3 Å². The van der Waals surface area contributed by atoms with Gasteiger partial charge in [0.25, 0.3) is 5.91 Å². The lowest BCUT2D eigenvalue weighted by atomic mass is 9.88. The molecular formula is C23H25BrN2O3. The first-order valence-electron chi connectivity index (χ1n) is 10.0. The number of aliphatic hydroxyl groups is 1. The van der Waals surface area contributed by atoms with Crippen LogP contribution in [0.1, 0.15) is 42.1 Å². The van der Waals surface area contributed by atoms with Gasteiger partial charge in [-0.3, -0.25) is 19.4 Å². The number of amides is 1. The minimum absolute atomic E-state index is 0.253. The molecule has 1 saturated heterocycles. The van der Waals surface area contributed by atoms with Gasteiger partial charge in [0.15, 0.2) is 11.4 Å². The van der Waals surface area contributed by atoms with Crippen molar-refractivity contribution >= 4 is 33.3 Å². The fraction of sp³-hybridized carbons (Fsp3) is 0.391. The second-order valence-corrected chi connectivity index (χ2v) is 9.08. The highest BCUT2D eigenvalue weighted by Gasteiger charge is 2.51. The molecule has 1 amide bonds. The van der Waals surface area contributed by atoms with Gasteiger partial charge in [-0.15, -0.1) is 0 Å². The number of likely N-dealkylation sites (tertiary alicyclic amines) is 1. The van der Waals surface area contributed by atoms with Gasteiger partial charge < -0.3 is 5.11 Å². The summed E-state index contributed by atoms with van der Waals surface area (Å²) >= 11 is 3.36. The average Bonchev–Trinajstić information content (AvgIpc) is 2.92. The Morgan fingerprint density at radius 1 is 1.14 bits per heavy atom. The number of para-hydroxylation sites is 1. The van der Waals surface area contributed by atoms with Gasteiger partial charge in [0.1, 0.15) is 0 Å². The maximum Gasteiger partial charge on any atom is 0.265 e. The minimum Gasteiger partial charge on any atom is -0.375 e. The number of rotatable bonds is 5. The molecule has 152 valence electrons. The summed E-state index contributed by atoms with van der Waals surface area (Å²) in [5.74, 6) is 0.0351. The number of carbonyl (C=O) groups is 2. The molecule has 2 aromatic carbocycles. The van der Waals surface area contributed by atoms with Crippen LogP contribution < -0.4 is 4.90 Å². The highest BCUT2D eigenvalue weighted by Crippen LogP contribution is 2.43. The molecule has 1 N–H and O–H groups in total. The third-order valence-corrected chi connectivity index (χ3v) is 6.57. The van der Waals surface area contributed by atoms with Crippen molar-refractivity contribution in [3.05, 3.63) is 64.1 Å². The second-order valence-electron chi connectivity index (χ2n) is 8.16. The van der Waals surface area contributed by atoms with Crippen LogP contribution in [0.4, 0.5) is 5.69 Å². The molecule has 0 aliphatic carbocycles. The number of benzene rings is 2. The Morgan fingerprint density at radius 3 is 2.48 bits per heavy atom. The van der Waals surface area contributed by atoms with Crippen LogP contribution >= 0.6 is 15.9 Å². The highest BCUT2D eigenvalue weighted by atomic mass is 79.9. The SMILES string of the molecule is CC1CCN(CN2C(=O)C(O)(CC(=O)c3ccc(Br)cc3)c3ccccc32)CC1. The van der Waals surface area contributed by atoms with Crippen molar-refractivity contribution in [2.75, 3.05) is 24.7 Å². The molecule has 1 unspecified atom stereocenters. The van der Waals surface area contributed by atoms with Gasteiger partial charge >= 0.3 is 0 Å². The number of nitrogens with zero attached hydrogens (tertiary/aromatic N) is 2. The van der Waals surface area contributed by atoms with E-state index in [0.717, 1.165) is 30.4 Å². The van der Waals surface area contributed by atoms with Gasteiger partial charge in [-0.1, -0.05) is 53.2 Å². The lowest BCUT2D eigenvalue weighted by Gasteiger charge is -2.34.